The van der Waals surface area contributed by atoms with Crippen LogP contribution in [0.2, 0.25) is 0 Å². The van der Waals surface area contributed by atoms with Crippen LogP contribution in [-0.2, 0) is 19.7 Å². The second kappa shape index (κ2) is 4.66. The summed E-state index contributed by atoms with van der Waals surface area (Å²) >= 11 is 0. The fraction of sp³-hybridized carbons (Fsp3) is 0.400. The molecule has 0 heterocycles. The van der Waals surface area contributed by atoms with Gasteiger partial charge in [-0.25, -0.2) is 16.8 Å². The Morgan fingerprint density at radius 1 is 1.00 bits per heavy atom. The number of sulfone groups is 2. The van der Waals surface area contributed by atoms with Crippen LogP contribution in [0.5, 0.6) is 0 Å². The molecule has 0 aromatic heterocycles. The topological polar surface area (TPSA) is 94.3 Å². The first kappa shape index (κ1) is 14.0. The lowest BCUT2D eigenvalue weighted by atomic mass is 10.3. The molecule has 0 unspecified atom stereocenters. The molecule has 7 heteroatoms. The Labute approximate surface area is 101 Å². The predicted octanol–water partition coefficient (Wildman–Crippen LogP) is 0.856. The van der Waals surface area contributed by atoms with Crippen molar-refractivity contribution < 1.29 is 16.8 Å². The van der Waals surface area contributed by atoms with Crippen LogP contribution in [0.15, 0.2) is 28.0 Å². The Morgan fingerprint density at radius 3 is 1.94 bits per heavy atom. The lowest BCUT2D eigenvalue weighted by Crippen LogP contribution is -2.09. The van der Waals surface area contributed by atoms with Crippen LogP contribution in [0.3, 0.4) is 0 Å². The molecule has 0 aliphatic carbocycles. The molecule has 17 heavy (non-hydrogen) atoms. The zero-order chi connectivity index (χ0) is 13.3. The maximum absolute atomic E-state index is 11.6. The quantitative estimate of drug-likeness (QED) is 0.823. The van der Waals surface area contributed by atoms with Crippen molar-refractivity contribution in [2.75, 3.05) is 17.2 Å². The summed E-state index contributed by atoms with van der Waals surface area (Å²) in [6.45, 7) is 3.02. The van der Waals surface area contributed by atoms with Gasteiger partial charge in [-0.2, -0.15) is 0 Å². The Kier molecular flexibility index (Phi) is 3.83. The minimum Gasteiger partial charge on any atom is -0.398 e. The van der Waals surface area contributed by atoms with E-state index in [1.807, 2.05) is 0 Å². The molecule has 0 radical (unpaired) electrons. The van der Waals surface area contributed by atoms with Gasteiger partial charge in [0.15, 0.2) is 19.7 Å². The molecule has 0 aliphatic rings. The second-order valence-corrected chi connectivity index (χ2v) is 8.03. The number of nitrogen functional groups attached to an aromatic ring is 1. The van der Waals surface area contributed by atoms with E-state index in [-0.39, 0.29) is 27.0 Å². The van der Waals surface area contributed by atoms with Crippen LogP contribution in [0, 0.1) is 0 Å². The number of hydrogen-bond donors (Lipinski definition) is 1. The van der Waals surface area contributed by atoms with Crippen molar-refractivity contribution in [2.24, 2.45) is 0 Å². The highest BCUT2D eigenvalue weighted by atomic mass is 32.2. The van der Waals surface area contributed by atoms with Gasteiger partial charge in [-0.3, -0.25) is 0 Å². The highest BCUT2D eigenvalue weighted by Crippen LogP contribution is 2.23. The van der Waals surface area contributed by atoms with Gasteiger partial charge in [-0.15, -0.1) is 0 Å². The van der Waals surface area contributed by atoms with Crippen molar-refractivity contribution in [3.63, 3.8) is 0 Å². The second-order valence-electron chi connectivity index (χ2n) is 3.51. The third-order valence-corrected chi connectivity index (χ3v) is 5.97. The monoisotopic (exact) mass is 277 g/mol. The van der Waals surface area contributed by atoms with E-state index in [0.717, 1.165) is 0 Å². The molecule has 0 atom stereocenters. The largest absolute Gasteiger partial charge is 0.398 e. The molecule has 96 valence electrons. The van der Waals surface area contributed by atoms with Crippen molar-refractivity contribution in [1.29, 1.82) is 0 Å². The van der Waals surface area contributed by atoms with Crippen molar-refractivity contribution in [1.82, 2.24) is 0 Å². The molecule has 0 bridgehead atoms. The normalized spacial score (nSPS) is 12.6. The molecule has 1 rings (SSSR count). The third kappa shape index (κ3) is 2.78. The lowest BCUT2D eigenvalue weighted by Gasteiger charge is -2.08. The summed E-state index contributed by atoms with van der Waals surface area (Å²) in [7, 11) is -6.78. The molecule has 0 fully saturated rings. The number of benzene rings is 1. The maximum atomic E-state index is 11.6. The van der Waals surface area contributed by atoms with Crippen LogP contribution < -0.4 is 5.73 Å². The molecule has 0 spiro atoms. The minimum atomic E-state index is -3.42. The van der Waals surface area contributed by atoms with Crippen molar-refractivity contribution >= 4 is 25.4 Å². The highest BCUT2D eigenvalue weighted by Gasteiger charge is 2.18. The van der Waals surface area contributed by atoms with Crippen molar-refractivity contribution in [2.45, 2.75) is 23.6 Å². The lowest BCUT2D eigenvalue weighted by molar-refractivity contribution is 0.594. The fourth-order valence-corrected chi connectivity index (χ4v) is 3.25. The SMILES string of the molecule is CCS(=O)(=O)c1ccc(S(=O)(=O)CC)c(N)c1. The van der Waals surface area contributed by atoms with Gasteiger partial charge in [0.1, 0.15) is 0 Å². The standard InChI is InChI=1S/C10H15NO4S2/c1-3-16(12,13)8-5-6-10(9(11)7-8)17(14,15)4-2/h5-7H,3-4,11H2,1-2H3. The van der Waals surface area contributed by atoms with Gasteiger partial charge in [0, 0.05) is 0 Å². The molecule has 0 amide bonds. The first-order valence-corrected chi connectivity index (χ1v) is 8.40. The fourth-order valence-electron chi connectivity index (χ4n) is 1.33. The Hall–Kier alpha value is -1.08. The van der Waals surface area contributed by atoms with Gasteiger partial charge in [0.25, 0.3) is 0 Å². The third-order valence-electron chi connectivity index (χ3n) is 2.44. The number of nitrogens with two attached hydrogens (primary N) is 1. The average molecular weight is 277 g/mol. The van der Waals surface area contributed by atoms with Gasteiger partial charge in [-0.1, -0.05) is 13.8 Å². The first-order valence-electron chi connectivity index (χ1n) is 5.09. The molecule has 1 aromatic carbocycles. The minimum absolute atomic E-state index is 0.0185. The van der Waals surface area contributed by atoms with Crippen LogP contribution in [-0.4, -0.2) is 28.3 Å². The Morgan fingerprint density at radius 2 is 1.53 bits per heavy atom. The van der Waals surface area contributed by atoms with E-state index in [2.05, 4.69) is 0 Å². The van der Waals surface area contributed by atoms with E-state index in [4.69, 9.17) is 5.73 Å². The Bertz CT molecular complexity index is 618. The Balaban J connectivity index is 3.40. The first-order chi connectivity index (χ1) is 7.74. The summed E-state index contributed by atoms with van der Waals surface area (Å²) in [5, 5.41) is 0. The van der Waals surface area contributed by atoms with Gasteiger partial charge in [0.05, 0.1) is 27.0 Å². The summed E-state index contributed by atoms with van der Waals surface area (Å²) in [4.78, 5) is 0.0302. The van der Waals surface area contributed by atoms with E-state index < -0.39 is 19.7 Å². The molecule has 0 aliphatic heterocycles. The summed E-state index contributed by atoms with van der Waals surface area (Å²) in [6.07, 6.45) is 0. The van der Waals surface area contributed by atoms with Crippen LogP contribution >= 0.6 is 0 Å². The van der Waals surface area contributed by atoms with E-state index in [0.29, 0.717) is 0 Å². The van der Waals surface area contributed by atoms with Crippen LogP contribution in [0.25, 0.3) is 0 Å². The van der Waals surface area contributed by atoms with E-state index >= 15 is 0 Å². The smallest absolute Gasteiger partial charge is 0.180 e. The van der Waals surface area contributed by atoms with Crippen LogP contribution in [0.1, 0.15) is 13.8 Å². The maximum Gasteiger partial charge on any atom is 0.180 e. The number of hydrogen-bond acceptors (Lipinski definition) is 5. The summed E-state index contributed by atoms with van der Waals surface area (Å²) < 4.78 is 46.4. The molecule has 1 aromatic rings. The number of rotatable bonds is 4. The molecular weight excluding hydrogens is 262 g/mol. The zero-order valence-corrected chi connectivity index (χ0v) is 11.3. The van der Waals surface area contributed by atoms with Gasteiger partial charge >= 0.3 is 0 Å². The molecular formula is C10H15NO4S2. The molecule has 2 N–H and O–H groups in total. The molecule has 0 saturated heterocycles. The average Bonchev–Trinajstić information content (AvgIpc) is 2.28. The van der Waals surface area contributed by atoms with Gasteiger partial charge in [-0.05, 0) is 18.2 Å². The van der Waals surface area contributed by atoms with Crippen molar-refractivity contribution in [3.8, 4) is 0 Å². The zero-order valence-electron chi connectivity index (χ0n) is 9.67. The molecule has 5 nitrogen and oxygen atoms in total. The van der Waals surface area contributed by atoms with Gasteiger partial charge < -0.3 is 5.73 Å². The van der Waals surface area contributed by atoms with E-state index in [1.54, 1.807) is 0 Å². The number of anilines is 1. The predicted molar refractivity (Wildman–Crippen MR) is 66.3 cm³/mol. The summed E-state index contributed by atoms with van der Waals surface area (Å²) in [5.41, 5.74) is 5.56. The van der Waals surface area contributed by atoms with Crippen LogP contribution in [0.4, 0.5) is 5.69 Å². The highest BCUT2D eigenvalue weighted by molar-refractivity contribution is 7.92. The molecule has 0 saturated carbocycles. The van der Waals surface area contributed by atoms with Crippen molar-refractivity contribution in [3.05, 3.63) is 18.2 Å². The van der Waals surface area contributed by atoms with Gasteiger partial charge in [0.2, 0.25) is 0 Å². The summed E-state index contributed by atoms with van der Waals surface area (Å²) in [5.74, 6) is -0.122. The van der Waals surface area contributed by atoms with E-state index in [1.165, 1.54) is 32.0 Å². The van der Waals surface area contributed by atoms with E-state index in [9.17, 15) is 16.8 Å². The summed E-state index contributed by atoms with van der Waals surface area (Å²) in [6, 6.07) is 3.72.